The molecule has 1 aromatic heterocycles. The topological polar surface area (TPSA) is 30.0 Å². The summed E-state index contributed by atoms with van der Waals surface area (Å²) in [4.78, 5) is 15.3. The molecule has 0 fully saturated rings. The Bertz CT molecular complexity index is 346. The van der Waals surface area contributed by atoms with Gasteiger partial charge in [0, 0.05) is 12.6 Å². The summed E-state index contributed by atoms with van der Waals surface area (Å²) < 4.78 is 0. The molecule has 0 radical (unpaired) electrons. The predicted octanol–water partition coefficient (Wildman–Crippen LogP) is 2.46. The van der Waals surface area contributed by atoms with E-state index in [-0.39, 0.29) is 5.78 Å². The molecule has 72 valence electrons. The molecule has 0 atom stereocenters. The van der Waals surface area contributed by atoms with Crippen molar-refractivity contribution in [1.82, 2.24) is 4.98 Å². The Labute approximate surface area is 84.4 Å². The molecule has 2 heteroatoms. The molecule has 1 rings (SSSR count). The van der Waals surface area contributed by atoms with Crippen molar-refractivity contribution in [2.24, 2.45) is 0 Å². The van der Waals surface area contributed by atoms with E-state index in [1.165, 1.54) is 0 Å². The van der Waals surface area contributed by atoms with E-state index in [9.17, 15) is 4.79 Å². The van der Waals surface area contributed by atoms with Crippen LogP contribution in [-0.4, -0.2) is 10.8 Å². The molecule has 0 bridgehead atoms. The van der Waals surface area contributed by atoms with Crippen LogP contribution in [0.25, 0.3) is 0 Å². The fourth-order valence-electron chi connectivity index (χ4n) is 0.969. The van der Waals surface area contributed by atoms with Crippen molar-refractivity contribution in [1.29, 1.82) is 0 Å². The van der Waals surface area contributed by atoms with Gasteiger partial charge in [-0.3, -0.25) is 9.78 Å². The van der Waals surface area contributed by atoms with Crippen molar-refractivity contribution < 1.29 is 4.79 Å². The average Bonchev–Trinajstić information content (AvgIpc) is 2.25. The van der Waals surface area contributed by atoms with Crippen LogP contribution in [0.1, 0.15) is 36.7 Å². The molecule has 0 spiro atoms. The van der Waals surface area contributed by atoms with E-state index in [0.717, 1.165) is 19.3 Å². The maximum absolute atomic E-state index is 11.4. The molecule has 0 aliphatic heterocycles. The largest absolute Gasteiger partial charge is 0.277 e. The first-order chi connectivity index (χ1) is 6.84. The van der Waals surface area contributed by atoms with E-state index in [1.807, 2.05) is 0 Å². The summed E-state index contributed by atoms with van der Waals surface area (Å²) in [6.07, 6.45) is 4.53. The fraction of sp³-hybridized carbons (Fsp3) is 0.333. The number of hydrogen-bond acceptors (Lipinski definition) is 2. The Morgan fingerprint density at radius 3 is 3.00 bits per heavy atom. The highest BCUT2D eigenvalue weighted by atomic mass is 16.1. The first kappa shape index (κ1) is 10.5. The molecule has 0 N–H and O–H groups in total. The third-order valence-corrected chi connectivity index (χ3v) is 1.75. The molecular formula is C12H13NO. The lowest BCUT2D eigenvalue weighted by atomic mass is 10.2. The van der Waals surface area contributed by atoms with Gasteiger partial charge < -0.3 is 0 Å². The van der Waals surface area contributed by atoms with Crippen molar-refractivity contribution in [3.8, 4) is 11.8 Å². The van der Waals surface area contributed by atoms with Crippen molar-refractivity contribution in [3.63, 3.8) is 0 Å². The number of aromatic nitrogens is 1. The molecule has 0 saturated heterocycles. The van der Waals surface area contributed by atoms with Crippen LogP contribution in [0, 0.1) is 11.8 Å². The van der Waals surface area contributed by atoms with Crippen LogP contribution in [0.2, 0.25) is 0 Å². The van der Waals surface area contributed by atoms with Gasteiger partial charge in [0.1, 0.15) is 5.69 Å². The van der Waals surface area contributed by atoms with Crippen LogP contribution >= 0.6 is 0 Å². The highest BCUT2D eigenvalue weighted by Crippen LogP contribution is 1.95. The smallest absolute Gasteiger partial charge is 0.254 e. The van der Waals surface area contributed by atoms with Crippen molar-refractivity contribution in [2.75, 3.05) is 0 Å². The number of unbranched alkanes of at least 4 members (excludes halogenated alkanes) is 2. The summed E-state index contributed by atoms with van der Waals surface area (Å²) in [6.45, 7) is 2.10. The van der Waals surface area contributed by atoms with E-state index in [2.05, 4.69) is 23.7 Å². The maximum Gasteiger partial charge on any atom is 0.254 e. The van der Waals surface area contributed by atoms with Gasteiger partial charge in [0.15, 0.2) is 0 Å². The summed E-state index contributed by atoms with van der Waals surface area (Å²) in [6, 6.07) is 5.24. The number of rotatable bonds is 3. The number of carbonyl (C=O) groups is 1. The van der Waals surface area contributed by atoms with Gasteiger partial charge in [-0.25, -0.2) is 0 Å². The first-order valence-electron chi connectivity index (χ1n) is 4.79. The van der Waals surface area contributed by atoms with Gasteiger partial charge >= 0.3 is 0 Å². The Balaban J connectivity index is 2.53. The second-order valence-electron chi connectivity index (χ2n) is 2.95. The number of hydrogen-bond donors (Lipinski definition) is 0. The van der Waals surface area contributed by atoms with E-state index in [0.29, 0.717) is 5.69 Å². The van der Waals surface area contributed by atoms with Gasteiger partial charge in [0.25, 0.3) is 5.78 Å². The van der Waals surface area contributed by atoms with Gasteiger partial charge in [-0.15, -0.1) is 0 Å². The normalized spacial score (nSPS) is 8.93. The van der Waals surface area contributed by atoms with Crippen LogP contribution < -0.4 is 0 Å². The van der Waals surface area contributed by atoms with Crippen LogP contribution in [-0.2, 0) is 0 Å². The molecule has 0 amide bonds. The lowest BCUT2D eigenvalue weighted by Crippen LogP contribution is -1.97. The average molecular weight is 187 g/mol. The molecule has 0 unspecified atom stereocenters. The second-order valence-corrected chi connectivity index (χ2v) is 2.95. The number of Topliss-reactive ketones (excluding diaryl/α,β-unsaturated/α-hetero) is 1. The van der Waals surface area contributed by atoms with E-state index >= 15 is 0 Å². The fourth-order valence-corrected chi connectivity index (χ4v) is 0.969. The predicted molar refractivity (Wildman–Crippen MR) is 55.9 cm³/mol. The van der Waals surface area contributed by atoms with Crippen molar-refractivity contribution in [3.05, 3.63) is 30.1 Å². The quantitative estimate of drug-likeness (QED) is 0.315. The minimum Gasteiger partial charge on any atom is -0.277 e. The highest BCUT2D eigenvalue weighted by molar-refractivity contribution is 6.07. The standard InChI is InChI=1S/C12H13NO/c1-2-3-4-5-9-12(14)11-8-6-7-10-13-11/h6-8,10H,2-4H2,1H3. The lowest BCUT2D eigenvalue weighted by Gasteiger charge is -1.89. The molecule has 0 aromatic carbocycles. The van der Waals surface area contributed by atoms with Gasteiger partial charge in [-0.1, -0.05) is 25.3 Å². The molecule has 0 aliphatic rings. The van der Waals surface area contributed by atoms with Crippen LogP contribution in [0.4, 0.5) is 0 Å². The molecule has 2 nitrogen and oxygen atoms in total. The molecule has 1 heterocycles. The zero-order valence-corrected chi connectivity index (χ0v) is 8.29. The zero-order valence-electron chi connectivity index (χ0n) is 8.29. The zero-order chi connectivity index (χ0) is 10.2. The minimum absolute atomic E-state index is 0.193. The molecule has 0 saturated carbocycles. The van der Waals surface area contributed by atoms with Gasteiger partial charge in [0.2, 0.25) is 0 Å². The van der Waals surface area contributed by atoms with Crippen LogP contribution in [0.15, 0.2) is 24.4 Å². The molecular weight excluding hydrogens is 174 g/mol. The van der Waals surface area contributed by atoms with E-state index < -0.39 is 0 Å². The van der Waals surface area contributed by atoms with Crippen molar-refractivity contribution >= 4 is 5.78 Å². The highest BCUT2D eigenvalue weighted by Gasteiger charge is 2.00. The Kier molecular flexibility index (Phi) is 4.43. The third kappa shape index (κ3) is 3.40. The Morgan fingerprint density at radius 2 is 2.36 bits per heavy atom. The number of ketones is 1. The Hall–Kier alpha value is -1.62. The van der Waals surface area contributed by atoms with Crippen LogP contribution in [0.5, 0.6) is 0 Å². The minimum atomic E-state index is -0.193. The lowest BCUT2D eigenvalue weighted by molar-refractivity contribution is 0.105. The van der Waals surface area contributed by atoms with Crippen molar-refractivity contribution in [2.45, 2.75) is 26.2 Å². The number of nitrogens with zero attached hydrogens (tertiary/aromatic N) is 1. The Morgan fingerprint density at radius 1 is 1.50 bits per heavy atom. The number of carbonyl (C=O) groups excluding carboxylic acids is 1. The SMILES string of the molecule is CCCCC#CC(=O)c1ccccn1. The summed E-state index contributed by atoms with van der Waals surface area (Å²) in [5.74, 6) is 5.23. The third-order valence-electron chi connectivity index (χ3n) is 1.75. The van der Waals surface area contributed by atoms with Crippen LogP contribution in [0.3, 0.4) is 0 Å². The van der Waals surface area contributed by atoms with E-state index in [1.54, 1.807) is 24.4 Å². The first-order valence-corrected chi connectivity index (χ1v) is 4.79. The monoisotopic (exact) mass is 187 g/mol. The second kappa shape index (κ2) is 5.93. The molecule has 14 heavy (non-hydrogen) atoms. The maximum atomic E-state index is 11.4. The van der Waals surface area contributed by atoms with Gasteiger partial charge in [0.05, 0.1) is 0 Å². The van der Waals surface area contributed by atoms with Gasteiger partial charge in [-0.2, -0.15) is 0 Å². The molecule has 0 aliphatic carbocycles. The molecule has 1 aromatic rings. The summed E-state index contributed by atoms with van der Waals surface area (Å²) in [7, 11) is 0. The summed E-state index contributed by atoms with van der Waals surface area (Å²) >= 11 is 0. The van der Waals surface area contributed by atoms with Gasteiger partial charge in [-0.05, 0) is 24.5 Å². The number of pyridine rings is 1. The summed E-state index contributed by atoms with van der Waals surface area (Å²) in [5.41, 5.74) is 0.427. The van der Waals surface area contributed by atoms with E-state index in [4.69, 9.17) is 0 Å². The summed E-state index contributed by atoms with van der Waals surface area (Å²) in [5, 5.41) is 0.